The van der Waals surface area contributed by atoms with Crippen molar-refractivity contribution in [3.8, 4) is 62.4 Å². The first-order chi connectivity index (χ1) is 34.2. The highest BCUT2D eigenvalue weighted by molar-refractivity contribution is 6.27. The number of aromatic nitrogens is 6. The number of hydrogen-bond donors (Lipinski definition) is 0. The minimum atomic E-state index is 0.536. The third kappa shape index (κ3) is 6.16. The Morgan fingerprint density at radius 1 is 0.261 bits per heavy atom. The maximum absolute atomic E-state index is 5.52. The molecule has 322 valence electrons. The van der Waals surface area contributed by atoms with Crippen molar-refractivity contribution in [3.05, 3.63) is 243 Å². The van der Waals surface area contributed by atoms with Crippen LogP contribution < -0.4 is 0 Å². The molecule has 10 aromatic carbocycles. The van der Waals surface area contributed by atoms with Crippen LogP contribution in [-0.2, 0) is 0 Å². The second-order valence-corrected chi connectivity index (χ2v) is 17.6. The summed E-state index contributed by atoms with van der Waals surface area (Å²) in [4.78, 5) is 16.3. The summed E-state index contributed by atoms with van der Waals surface area (Å²) in [6.45, 7) is 0. The third-order valence-corrected chi connectivity index (χ3v) is 13.7. The summed E-state index contributed by atoms with van der Waals surface area (Å²) in [6, 6.07) is 86.2. The van der Waals surface area contributed by atoms with Gasteiger partial charge in [-0.1, -0.05) is 194 Å². The normalized spacial score (nSPS) is 11.8. The summed E-state index contributed by atoms with van der Waals surface area (Å²) in [6.07, 6.45) is 0. The molecule has 6 heteroatoms. The summed E-state index contributed by atoms with van der Waals surface area (Å²) in [5, 5.41) is 6.92. The Morgan fingerprint density at radius 2 is 0.696 bits per heavy atom. The maximum atomic E-state index is 5.52. The van der Waals surface area contributed by atoms with Gasteiger partial charge in [-0.15, -0.1) is 0 Å². The number of para-hydroxylation sites is 5. The van der Waals surface area contributed by atoms with E-state index in [1.807, 2.05) is 12.1 Å². The summed E-state index contributed by atoms with van der Waals surface area (Å²) in [5.41, 5.74) is 15.0. The fourth-order valence-electron chi connectivity index (χ4n) is 10.6. The van der Waals surface area contributed by atoms with E-state index in [1.54, 1.807) is 0 Å². The molecule has 0 bridgehead atoms. The van der Waals surface area contributed by atoms with E-state index in [0.717, 1.165) is 99.4 Å². The van der Waals surface area contributed by atoms with Gasteiger partial charge in [0.05, 0.1) is 38.8 Å². The number of fused-ring (bicyclic) bond motifs is 10. The van der Waals surface area contributed by atoms with Crippen LogP contribution >= 0.6 is 0 Å². The zero-order valence-electron chi connectivity index (χ0n) is 37.3. The zero-order valence-corrected chi connectivity index (χ0v) is 37.3. The molecule has 0 aliphatic heterocycles. The van der Waals surface area contributed by atoms with Crippen molar-refractivity contribution in [1.29, 1.82) is 0 Å². The van der Waals surface area contributed by atoms with Gasteiger partial charge >= 0.3 is 0 Å². The average Bonchev–Trinajstić information content (AvgIpc) is 4.08. The van der Waals surface area contributed by atoms with Crippen molar-refractivity contribution in [2.45, 2.75) is 0 Å². The lowest BCUT2D eigenvalue weighted by Crippen LogP contribution is -2.07. The summed E-state index contributed by atoms with van der Waals surface area (Å²) < 4.78 is 7.20. The van der Waals surface area contributed by atoms with Gasteiger partial charge in [-0.3, -0.25) is 4.57 Å². The van der Waals surface area contributed by atoms with Crippen molar-refractivity contribution < 1.29 is 0 Å². The number of hydrogen-bond acceptors (Lipinski definition) is 3. The van der Waals surface area contributed by atoms with E-state index in [9.17, 15) is 0 Å². The molecule has 0 N–H and O–H groups in total. The highest BCUT2D eigenvalue weighted by Gasteiger charge is 2.27. The van der Waals surface area contributed by atoms with Crippen LogP contribution in [0.2, 0.25) is 0 Å². The lowest BCUT2D eigenvalue weighted by molar-refractivity contribution is 0.953. The first kappa shape index (κ1) is 38.8. The molecule has 14 rings (SSSR count). The summed E-state index contributed by atoms with van der Waals surface area (Å²) >= 11 is 0. The second kappa shape index (κ2) is 15.6. The first-order valence-electron chi connectivity index (χ1n) is 23.4. The van der Waals surface area contributed by atoms with Crippen molar-refractivity contribution >= 4 is 65.4 Å². The summed E-state index contributed by atoms with van der Waals surface area (Å²) in [5.74, 6) is 1.72. The Kier molecular flexibility index (Phi) is 8.79. The highest BCUT2D eigenvalue weighted by Crippen LogP contribution is 2.46. The Morgan fingerprint density at radius 3 is 1.32 bits per heavy atom. The van der Waals surface area contributed by atoms with Crippen molar-refractivity contribution in [2.75, 3.05) is 0 Å². The number of nitrogens with zero attached hydrogens (tertiary/aromatic N) is 6. The van der Waals surface area contributed by atoms with Crippen molar-refractivity contribution in [3.63, 3.8) is 0 Å². The monoisotopic (exact) mass is 880 g/mol. The molecule has 0 fully saturated rings. The molecule has 0 saturated heterocycles. The van der Waals surface area contributed by atoms with E-state index in [0.29, 0.717) is 17.6 Å². The predicted octanol–water partition coefficient (Wildman–Crippen LogP) is 15.8. The zero-order chi connectivity index (χ0) is 45.4. The van der Waals surface area contributed by atoms with Gasteiger partial charge in [-0.05, 0) is 70.8 Å². The van der Waals surface area contributed by atoms with Gasteiger partial charge < -0.3 is 9.13 Å². The molecule has 0 aliphatic rings. The minimum absolute atomic E-state index is 0.536. The Labute approximate surface area is 397 Å². The molecule has 14 aromatic rings. The van der Waals surface area contributed by atoms with Crippen LogP contribution in [0.3, 0.4) is 0 Å². The maximum Gasteiger partial charge on any atom is 0.238 e. The molecule has 6 nitrogen and oxygen atoms in total. The molecular weight excluding hydrogens is 841 g/mol. The fraction of sp³-hybridized carbons (Fsp3) is 0. The minimum Gasteiger partial charge on any atom is -0.309 e. The van der Waals surface area contributed by atoms with Crippen LogP contribution in [0.4, 0.5) is 0 Å². The molecule has 0 atom stereocenters. The van der Waals surface area contributed by atoms with Crippen LogP contribution in [0.25, 0.3) is 128 Å². The van der Waals surface area contributed by atoms with E-state index in [-0.39, 0.29) is 0 Å². The smallest absolute Gasteiger partial charge is 0.238 e. The Bertz CT molecular complexity index is 4230. The molecule has 0 radical (unpaired) electrons. The standard InChI is InChI=1S/C63H40N6/c1-4-19-41(20-5-1)43-35-37-44(38-36-43)61-64-62(46-24-18-23-45(39-46)42-21-6-2-7-22-42)66-63(65-61)69-55-33-16-12-29-50(55)52-40-57(68-53-31-14-10-27-48(53)49-28-11-15-32-54(49)68)58-51-30-13-17-34-56(51)67(60(58)59(52)69)47-25-8-3-9-26-47/h1-40H. The lowest BCUT2D eigenvalue weighted by atomic mass is 10.0. The molecule has 0 unspecified atom stereocenters. The van der Waals surface area contributed by atoms with Gasteiger partial charge in [0.1, 0.15) is 0 Å². The molecule has 69 heavy (non-hydrogen) atoms. The van der Waals surface area contributed by atoms with Gasteiger partial charge in [-0.2, -0.15) is 9.97 Å². The second-order valence-electron chi connectivity index (χ2n) is 17.6. The third-order valence-electron chi connectivity index (χ3n) is 13.7. The van der Waals surface area contributed by atoms with E-state index < -0.39 is 0 Å². The molecule has 4 aromatic heterocycles. The quantitative estimate of drug-likeness (QED) is 0.160. The Hall–Kier alpha value is -9.39. The van der Waals surface area contributed by atoms with Gasteiger partial charge in [-0.25, -0.2) is 4.98 Å². The van der Waals surface area contributed by atoms with Gasteiger partial charge in [0.15, 0.2) is 11.6 Å². The fourth-order valence-corrected chi connectivity index (χ4v) is 10.6. The van der Waals surface area contributed by atoms with E-state index in [4.69, 9.17) is 15.0 Å². The summed E-state index contributed by atoms with van der Waals surface area (Å²) in [7, 11) is 0. The first-order valence-corrected chi connectivity index (χ1v) is 23.4. The van der Waals surface area contributed by atoms with E-state index in [2.05, 4.69) is 244 Å². The van der Waals surface area contributed by atoms with Gasteiger partial charge in [0.2, 0.25) is 5.95 Å². The SMILES string of the molecule is c1ccc(-c2ccc(-c3nc(-c4cccc(-c5ccccc5)c4)nc(-n4c5ccccc5c5cc(-n6c7ccccc7c7ccccc76)c6c7ccccc7n(-c7ccccc7)c6c54)n3)cc2)cc1. The Balaban J connectivity index is 1.13. The van der Waals surface area contributed by atoms with E-state index in [1.165, 1.54) is 10.8 Å². The number of rotatable bonds is 7. The van der Waals surface area contributed by atoms with Crippen LogP contribution in [0.15, 0.2) is 243 Å². The largest absolute Gasteiger partial charge is 0.309 e. The molecule has 0 amide bonds. The molecular formula is C63H40N6. The van der Waals surface area contributed by atoms with E-state index >= 15 is 0 Å². The molecule has 0 aliphatic carbocycles. The van der Waals surface area contributed by atoms with Gasteiger partial charge in [0.25, 0.3) is 0 Å². The molecule has 4 heterocycles. The predicted molar refractivity (Wildman–Crippen MR) is 285 cm³/mol. The van der Waals surface area contributed by atoms with Crippen LogP contribution in [0.1, 0.15) is 0 Å². The van der Waals surface area contributed by atoms with Crippen LogP contribution in [0, 0.1) is 0 Å². The topological polar surface area (TPSA) is 53.5 Å². The van der Waals surface area contributed by atoms with Crippen molar-refractivity contribution in [1.82, 2.24) is 28.7 Å². The van der Waals surface area contributed by atoms with Crippen molar-refractivity contribution in [2.24, 2.45) is 0 Å². The van der Waals surface area contributed by atoms with Gasteiger partial charge in [0, 0.05) is 49.1 Å². The lowest BCUT2D eigenvalue weighted by Gasteiger charge is -2.16. The molecule has 0 spiro atoms. The number of benzene rings is 10. The highest BCUT2D eigenvalue weighted by atomic mass is 15.2. The average molecular weight is 881 g/mol. The van der Waals surface area contributed by atoms with Crippen LogP contribution in [0.5, 0.6) is 0 Å². The van der Waals surface area contributed by atoms with Crippen LogP contribution in [-0.4, -0.2) is 28.7 Å². The molecule has 0 saturated carbocycles.